The second kappa shape index (κ2) is 5.96. The predicted molar refractivity (Wildman–Crippen MR) is 56.9 cm³/mol. The van der Waals surface area contributed by atoms with Crippen LogP contribution in [0.3, 0.4) is 0 Å². The second-order valence-electron chi connectivity index (χ2n) is 3.19. The zero-order valence-corrected chi connectivity index (χ0v) is 9.62. The van der Waals surface area contributed by atoms with E-state index in [2.05, 4.69) is 29.5 Å². The topological polar surface area (TPSA) is 18.5 Å². The fraction of sp³-hybridized carbons (Fsp3) is 0.455. The molecular weight excluding hydrogens is 192 g/mol. The molecule has 0 heterocycles. The molecule has 0 aliphatic rings. The van der Waals surface area contributed by atoms with E-state index >= 15 is 0 Å². The van der Waals surface area contributed by atoms with Crippen molar-refractivity contribution in [2.24, 2.45) is 0 Å². The van der Waals surface area contributed by atoms with Gasteiger partial charge in [0.1, 0.15) is 6.29 Å². The van der Waals surface area contributed by atoms with Gasteiger partial charge in [-0.15, -0.1) is 0 Å². The largest absolute Gasteiger partial charge is 0.394 e. The summed E-state index contributed by atoms with van der Waals surface area (Å²) in [6, 6.07) is 8.18. The third kappa shape index (κ3) is 3.25. The molecule has 0 aliphatic carbocycles. The average Bonchev–Trinajstić information content (AvgIpc) is 2.22. The lowest BCUT2D eigenvalue weighted by Gasteiger charge is -2.15. The zero-order chi connectivity index (χ0) is 10.4. The van der Waals surface area contributed by atoms with E-state index in [-0.39, 0.29) is 6.29 Å². The Morgan fingerprint density at radius 3 is 2.64 bits per heavy atom. The maximum absolute atomic E-state index is 5.54. The third-order valence-electron chi connectivity index (χ3n) is 2.15. The standard InChI is InChI=1S/C11H15O2Si/c1-3-11(13-14)12-8-10-7-5-4-6-9(10)2/h4-7,11H,3,8H2,1-2H3. The molecule has 1 unspecified atom stereocenters. The highest BCUT2D eigenvalue weighted by Gasteiger charge is 2.04. The summed E-state index contributed by atoms with van der Waals surface area (Å²) in [6.07, 6.45) is 0.654. The van der Waals surface area contributed by atoms with Gasteiger partial charge in [0.15, 0.2) is 0 Å². The SMILES string of the molecule is CCC(O[Si])OCc1ccccc1C. The highest BCUT2D eigenvalue weighted by Crippen LogP contribution is 2.10. The van der Waals surface area contributed by atoms with Gasteiger partial charge in [-0.1, -0.05) is 31.2 Å². The summed E-state index contributed by atoms with van der Waals surface area (Å²) >= 11 is 0. The molecule has 0 fully saturated rings. The van der Waals surface area contributed by atoms with Gasteiger partial charge in [-0.25, -0.2) is 0 Å². The van der Waals surface area contributed by atoms with Crippen molar-refractivity contribution < 1.29 is 9.16 Å². The van der Waals surface area contributed by atoms with Crippen molar-refractivity contribution in [3.63, 3.8) is 0 Å². The first-order chi connectivity index (χ1) is 6.77. The normalized spacial score (nSPS) is 12.8. The Morgan fingerprint density at radius 1 is 1.36 bits per heavy atom. The first-order valence-electron chi connectivity index (χ1n) is 4.76. The zero-order valence-electron chi connectivity index (χ0n) is 8.62. The molecule has 0 spiro atoms. The molecule has 1 atom stereocenters. The van der Waals surface area contributed by atoms with Gasteiger partial charge >= 0.3 is 0 Å². The Morgan fingerprint density at radius 2 is 2.07 bits per heavy atom. The molecule has 0 amide bonds. The van der Waals surface area contributed by atoms with Crippen LogP contribution < -0.4 is 0 Å². The molecular formula is C11H15O2Si. The van der Waals surface area contributed by atoms with E-state index in [9.17, 15) is 0 Å². The summed E-state index contributed by atoms with van der Waals surface area (Å²) in [6.45, 7) is 4.69. The van der Waals surface area contributed by atoms with Crippen LogP contribution in [0.2, 0.25) is 0 Å². The molecule has 0 saturated heterocycles. The van der Waals surface area contributed by atoms with Crippen molar-refractivity contribution in [3.8, 4) is 0 Å². The Balaban J connectivity index is 2.49. The maximum atomic E-state index is 5.54. The van der Waals surface area contributed by atoms with Gasteiger partial charge in [-0.2, -0.15) is 0 Å². The van der Waals surface area contributed by atoms with Crippen LogP contribution in [-0.4, -0.2) is 16.8 Å². The lowest BCUT2D eigenvalue weighted by atomic mass is 10.1. The third-order valence-corrected chi connectivity index (χ3v) is 2.41. The van der Waals surface area contributed by atoms with Gasteiger partial charge in [0.2, 0.25) is 10.5 Å². The molecule has 1 aromatic rings. The highest BCUT2D eigenvalue weighted by atomic mass is 28.2. The average molecular weight is 207 g/mol. The summed E-state index contributed by atoms with van der Waals surface area (Å²) in [5.74, 6) is 0. The van der Waals surface area contributed by atoms with Crippen molar-refractivity contribution in [1.82, 2.24) is 0 Å². The number of rotatable bonds is 5. The molecule has 3 radical (unpaired) electrons. The van der Waals surface area contributed by atoms with Crippen LogP contribution in [0.1, 0.15) is 24.5 Å². The van der Waals surface area contributed by atoms with Gasteiger partial charge in [-0.3, -0.25) is 0 Å². The Labute approximate surface area is 88.8 Å². The molecule has 0 aromatic heterocycles. The minimum atomic E-state index is -0.175. The predicted octanol–water partition coefficient (Wildman–Crippen LogP) is 2.35. The lowest BCUT2D eigenvalue weighted by Crippen LogP contribution is -2.14. The molecule has 75 valence electrons. The van der Waals surface area contributed by atoms with Crippen molar-refractivity contribution in [3.05, 3.63) is 35.4 Å². The molecule has 3 heteroatoms. The number of aryl methyl sites for hydroxylation is 1. The summed E-state index contributed by atoms with van der Waals surface area (Å²) in [7, 11) is 2.99. The Kier molecular flexibility index (Phi) is 4.86. The lowest BCUT2D eigenvalue weighted by molar-refractivity contribution is -0.0873. The summed E-state index contributed by atoms with van der Waals surface area (Å²) < 4.78 is 10.5. The fourth-order valence-corrected chi connectivity index (χ4v) is 1.42. The van der Waals surface area contributed by atoms with Gasteiger partial charge in [-0.05, 0) is 24.5 Å². The molecule has 0 N–H and O–H groups in total. The van der Waals surface area contributed by atoms with Crippen LogP contribution in [-0.2, 0) is 15.8 Å². The monoisotopic (exact) mass is 207 g/mol. The number of hydrogen-bond acceptors (Lipinski definition) is 2. The smallest absolute Gasteiger partial charge is 0.249 e. The minimum Gasteiger partial charge on any atom is -0.394 e. The van der Waals surface area contributed by atoms with Crippen molar-refractivity contribution in [1.29, 1.82) is 0 Å². The summed E-state index contributed by atoms with van der Waals surface area (Å²) in [5.41, 5.74) is 2.45. The Bertz CT molecular complexity index is 272. The molecule has 1 rings (SSSR count). The van der Waals surface area contributed by atoms with Gasteiger partial charge in [0.05, 0.1) is 6.61 Å². The van der Waals surface area contributed by atoms with Gasteiger partial charge < -0.3 is 9.16 Å². The molecule has 14 heavy (non-hydrogen) atoms. The number of ether oxygens (including phenoxy) is 1. The molecule has 0 aliphatic heterocycles. The van der Waals surface area contributed by atoms with Crippen molar-refractivity contribution in [2.75, 3.05) is 0 Å². The van der Waals surface area contributed by atoms with E-state index < -0.39 is 0 Å². The van der Waals surface area contributed by atoms with Crippen LogP contribution in [0.25, 0.3) is 0 Å². The second-order valence-corrected chi connectivity index (χ2v) is 3.43. The summed E-state index contributed by atoms with van der Waals surface area (Å²) in [5, 5.41) is 0. The fourth-order valence-electron chi connectivity index (χ4n) is 1.19. The van der Waals surface area contributed by atoms with E-state index in [0.717, 1.165) is 6.42 Å². The number of benzene rings is 1. The quantitative estimate of drug-likeness (QED) is 0.545. The van der Waals surface area contributed by atoms with Gasteiger partial charge in [0.25, 0.3) is 0 Å². The maximum Gasteiger partial charge on any atom is 0.249 e. The molecule has 0 bridgehead atoms. The minimum absolute atomic E-state index is 0.175. The van der Waals surface area contributed by atoms with Crippen LogP contribution in [0, 0.1) is 6.92 Å². The highest BCUT2D eigenvalue weighted by molar-refractivity contribution is 5.98. The molecule has 0 saturated carbocycles. The van der Waals surface area contributed by atoms with Crippen LogP contribution >= 0.6 is 0 Å². The van der Waals surface area contributed by atoms with E-state index in [1.165, 1.54) is 11.1 Å². The first-order valence-corrected chi connectivity index (χ1v) is 5.17. The van der Waals surface area contributed by atoms with E-state index in [4.69, 9.17) is 9.16 Å². The summed E-state index contributed by atoms with van der Waals surface area (Å²) in [4.78, 5) is 0. The van der Waals surface area contributed by atoms with Crippen LogP contribution in [0.5, 0.6) is 0 Å². The Hall–Kier alpha value is -0.643. The van der Waals surface area contributed by atoms with E-state index in [0.29, 0.717) is 6.61 Å². The van der Waals surface area contributed by atoms with Crippen molar-refractivity contribution in [2.45, 2.75) is 33.2 Å². The molecule has 2 nitrogen and oxygen atoms in total. The first kappa shape index (κ1) is 11.4. The van der Waals surface area contributed by atoms with Crippen molar-refractivity contribution >= 4 is 10.5 Å². The van der Waals surface area contributed by atoms with E-state index in [1.807, 2.05) is 19.1 Å². The van der Waals surface area contributed by atoms with E-state index in [1.54, 1.807) is 0 Å². The number of hydrogen-bond donors (Lipinski definition) is 0. The van der Waals surface area contributed by atoms with Crippen LogP contribution in [0.15, 0.2) is 24.3 Å². The van der Waals surface area contributed by atoms with Gasteiger partial charge in [0, 0.05) is 0 Å². The molecule has 1 aromatic carbocycles. The van der Waals surface area contributed by atoms with Crippen LogP contribution in [0.4, 0.5) is 0 Å².